The lowest BCUT2D eigenvalue weighted by molar-refractivity contribution is -0.138. The van der Waals surface area contributed by atoms with Crippen LogP contribution >= 0.6 is 0 Å². The summed E-state index contributed by atoms with van der Waals surface area (Å²) in [6.45, 7) is 2.00. The van der Waals surface area contributed by atoms with Crippen molar-refractivity contribution < 1.29 is 24.2 Å². The number of hydrogen-bond acceptors (Lipinski definition) is 4. The molecule has 1 atom stereocenters. The maximum Gasteiger partial charge on any atom is 0.408 e. The van der Waals surface area contributed by atoms with Crippen LogP contribution in [0.3, 0.4) is 0 Å². The van der Waals surface area contributed by atoms with E-state index in [-0.39, 0.29) is 24.9 Å². The van der Waals surface area contributed by atoms with E-state index in [0.29, 0.717) is 19.3 Å². The molecule has 4 rings (SSSR count). The number of carboxylic acids is 1. The molecule has 0 bridgehead atoms. The van der Waals surface area contributed by atoms with Crippen LogP contribution in [0.25, 0.3) is 11.1 Å². The van der Waals surface area contributed by atoms with Gasteiger partial charge in [-0.15, -0.1) is 0 Å². The first-order valence-electron chi connectivity index (χ1n) is 11.6. The van der Waals surface area contributed by atoms with E-state index in [4.69, 9.17) is 9.84 Å². The number of carboxylic acid groups (broad SMARTS) is 1. The van der Waals surface area contributed by atoms with E-state index in [0.717, 1.165) is 35.1 Å². The number of fused-ring (bicyclic) bond motifs is 3. The van der Waals surface area contributed by atoms with Gasteiger partial charge < -0.3 is 20.5 Å². The molecule has 0 heterocycles. The van der Waals surface area contributed by atoms with Gasteiger partial charge in [0.15, 0.2) is 0 Å². The van der Waals surface area contributed by atoms with Crippen LogP contribution in [0.4, 0.5) is 4.79 Å². The third kappa shape index (κ3) is 4.72. The fraction of sp³-hybridized carbons (Fsp3) is 0.423. The standard InChI is InChI=1S/C26H30N2O5/c1-2-17(15-23(29)30)27-24(31)26(13-7-8-14-26)28-25(32)33-16-22-20-11-5-3-9-18(20)19-10-4-6-12-21(19)22/h3-6,9-12,17,22H,2,7-8,13-16H2,1H3,(H,27,31)(H,28,32)(H,29,30)/t17-/m1/s1. The summed E-state index contributed by atoms with van der Waals surface area (Å²) < 4.78 is 5.65. The SMILES string of the molecule is CC[C@H](CC(=O)O)NC(=O)C1(NC(=O)OCC2c3ccccc3-c3ccccc32)CCCC1. The predicted molar refractivity (Wildman–Crippen MR) is 124 cm³/mol. The third-order valence-corrected chi connectivity index (χ3v) is 6.83. The zero-order chi connectivity index (χ0) is 23.4. The Morgan fingerprint density at radius 3 is 2.15 bits per heavy atom. The van der Waals surface area contributed by atoms with Crippen molar-refractivity contribution in [3.63, 3.8) is 0 Å². The van der Waals surface area contributed by atoms with Gasteiger partial charge in [0, 0.05) is 12.0 Å². The van der Waals surface area contributed by atoms with Crippen molar-refractivity contribution in [3.05, 3.63) is 59.7 Å². The van der Waals surface area contributed by atoms with Crippen molar-refractivity contribution in [2.24, 2.45) is 0 Å². The van der Waals surface area contributed by atoms with E-state index in [1.54, 1.807) is 0 Å². The smallest absolute Gasteiger partial charge is 0.408 e. The van der Waals surface area contributed by atoms with Crippen LogP contribution in [-0.2, 0) is 14.3 Å². The quantitative estimate of drug-likeness (QED) is 0.559. The number of ether oxygens (including phenoxy) is 1. The van der Waals surface area contributed by atoms with Crippen LogP contribution in [0, 0.1) is 0 Å². The van der Waals surface area contributed by atoms with Gasteiger partial charge >= 0.3 is 12.1 Å². The number of carbonyl (C=O) groups excluding carboxylic acids is 2. The Labute approximate surface area is 193 Å². The first-order chi connectivity index (χ1) is 15.9. The lowest BCUT2D eigenvalue weighted by Crippen LogP contribution is -2.59. The summed E-state index contributed by atoms with van der Waals surface area (Å²) in [5.74, 6) is -1.36. The van der Waals surface area contributed by atoms with Gasteiger partial charge in [-0.2, -0.15) is 0 Å². The number of aliphatic carboxylic acids is 1. The molecule has 7 nitrogen and oxygen atoms in total. The fourth-order valence-corrected chi connectivity index (χ4v) is 5.05. The Morgan fingerprint density at radius 1 is 1.03 bits per heavy atom. The lowest BCUT2D eigenvalue weighted by atomic mass is 9.95. The summed E-state index contributed by atoms with van der Waals surface area (Å²) in [6, 6.07) is 15.8. The number of nitrogens with one attached hydrogen (secondary N) is 2. The summed E-state index contributed by atoms with van der Waals surface area (Å²) in [6.07, 6.45) is 2.36. The van der Waals surface area contributed by atoms with E-state index in [2.05, 4.69) is 34.9 Å². The van der Waals surface area contributed by atoms with Gasteiger partial charge in [0.05, 0.1) is 6.42 Å². The largest absolute Gasteiger partial charge is 0.481 e. The molecule has 3 N–H and O–H groups in total. The van der Waals surface area contributed by atoms with E-state index in [1.165, 1.54) is 0 Å². The topological polar surface area (TPSA) is 105 Å². The van der Waals surface area contributed by atoms with Crippen LogP contribution < -0.4 is 10.6 Å². The minimum absolute atomic E-state index is 0.0588. The van der Waals surface area contributed by atoms with Gasteiger partial charge in [-0.3, -0.25) is 9.59 Å². The summed E-state index contributed by atoms with van der Waals surface area (Å²) in [4.78, 5) is 37.0. The molecule has 0 aliphatic heterocycles. The average molecular weight is 451 g/mol. The lowest BCUT2D eigenvalue weighted by Gasteiger charge is -2.30. The molecule has 0 radical (unpaired) electrons. The van der Waals surface area contributed by atoms with E-state index < -0.39 is 23.6 Å². The van der Waals surface area contributed by atoms with Crippen LogP contribution in [0.2, 0.25) is 0 Å². The highest BCUT2D eigenvalue weighted by molar-refractivity contribution is 5.91. The molecular weight excluding hydrogens is 420 g/mol. The van der Waals surface area contributed by atoms with Crippen molar-refractivity contribution in [3.8, 4) is 11.1 Å². The number of amides is 2. The molecule has 2 aliphatic carbocycles. The van der Waals surface area contributed by atoms with E-state index >= 15 is 0 Å². The molecule has 2 aromatic carbocycles. The molecule has 174 valence electrons. The van der Waals surface area contributed by atoms with Crippen molar-refractivity contribution in [1.82, 2.24) is 10.6 Å². The molecule has 0 unspecified atom stereocenters. The first kappa shape index (κ1) is 22.8. The normalized spacial score (nSPS) is 17.0. The number of hydrogen-bond donors (Lipinski definition) is 3. The average Bonchev–Trinajstić information content (AvgIpc) is 3.40. The summed E-state index contributed by atoms with van der Waals surface area (Å²) in [5.41, 5.74) is 3.49. The molecule has 2 amide bonds. The second-order valence-corrected chi connectivity index (χ2v) is 8.92. The summed E-state index contributed by atoms with van der Waals surface area (Å²) in [7, 11) is 0. The summed E-state index contributed by atoms with van der Waals surface area (Å²) in [5, 5.41) is 14.7. The highest BCUT2D eigenvalue weighted by Crippen LogP contribution is 2.44. The number of carbonyl (C=O) groups is 3. The molecular formula is C26H30N2O5. The number of alkyl carbamates (subject to hydrolysis) is 1. The van der Waals surface area contributed by atoms with Crippen molar-refractivity contribution in [1.29, 1.82) is 0 Å². The zero-order valence-corrected chi connectivity index (χ0v) is 18.8. The molecule has 1 saturated carbocycles. The van der Waals surface area contributed by atoms with E-state index in [1.807, 2.05) is 31.2 Å². The number of benzene rings is 2. The van der Waals surface area contributed by atoms with Gasteiger partial charge in [-0.1, -0.05) is 68.3 Å². The molecule has 0 spiro atoms. The van der Waals surface area contributed by atoms with Crippen LogP contribution in [-0.4, -0.2) is 41.3 Å². The molecule has 0 aromatic heterocycles. The maximum absolute atomic E-state index is 13.1. The molecule has 1 fully saturated rings. The van der Waals surface area contributed by atoms with Crippen molar-refractivity contribution >= 4 is 18.0 Å². The second-order valence-electron chi connectivity index (χ2n) is 8.92. The Morgan fingerprint density at radius 2 is 1.61 bits per heavy atom. The van der Waals surface area contributed by atoms with E-state index in [9.17, 15) is 14.4 Å². The zero-order valence-electron chi connectivity index (χ0n) is 18.8. The summed E-state index contributed by atoms with van der Waals surface area (Å²) >= 11 is 0. The molecule has 33 heavy (non-hydrogen) atoms. The van der Waals surface area contributed by atoms with Crippen molar-refractivity contribution in [2.45, 2.75) is 62.9 Å². The third-order valence-electron chi connectivity index (χ3n) is 6.83. The van der Waals surface area contributed by atoms with Gasteiger partial charge in [0.1, 0.15) is 12.1 Å². The molecule has 2 aliphatic rings. The molecule has 7 heteroatoms. The highest BCUT2D eigenvalue weighted by Gasteiger charge is 2.43. The number of rotatable bonds is 8. The highest BCUT2D eigenvalue weighted by atomic mass is 16.5. The minimum Gasteiger partial charge on any atom is -0.481 e. The van der Waals surface area contributed by atoms with Gasteiger partial charge in [0.25, 0.3) is 0 Å². The Bertz CT molecular complexity index is 999. The van der Waals surface area contributed by atoms with Crippen LogP contribution in [0.5, 0.6) is 0 Å². The Hall–Kier alpha value is -3.35. The van der Waals surface area contributed by atoms with Gasteiger partial charge in [0.2, 0.25) is 5.91 Å². The van der Waals surface area contributed by atoms with Gasteiger partial charge in [-0.05, 0) is 41.5 Å². The monoisotopic (exact) mass is 450 g/mol. The van der Waals surface area contributed by atoms with Crippen LogP contribution in [0.15, 0.2) is 48.5 Å². The van der Waals surface area contributed by atoms with Crippen LogP contribution in [0.1, 0.15) is 62.5 Å². The maximum atomic E-state index is 13.1. The predicted octanol–water partition coefficient (Wildman–Crippen LogP) is 4.21. The fourth-order valence-electron chi connectivity index (χ4n) is 5.05. The second kappa shape index (κ2) is 9.65. The first-order valence-corrected chi connectivity index (χ1v) is 11.6. The van der Waals surface area contributed by atoms with Gasteiger partial charge in [-0.25, -0.2) is 4.79 Å². The van der Waals surface area contributed by atoms with Crippen molar-refractivity contribution in [2.75, 3.05) is 6.61 Å². The molecule has 0 saturated heterocycles. The minimum atomic E-state index is -1.06. The Balaban J connectivity index is 1.43. The molecule has 2 aromatic rings. The Kier molecular flexibility index (Phi) is 6.67.